The Kier molecular flexibility index (Phi) is 6.78. The summed E-state index contributed by atoms with van der Waals surface area (Å²) in [6.07, 6.45) is 2.23. The van der Waals surface area contributed by atoms with Gasteiger partial charge < -0.3 is 19.5 Å². The van der Waals surface area contributed by atoms with E-state index in [4.69, 9.17) is 9.26 Å². The second-order valence-corrected chi connectivity index (χ2v) is 6.66. The van der Waals surface area contributed by atoms with Gasteiger partial charge in [-0.25, -0.2) is 0 Å². The van der Waals surface area contributed by atoms with Crippen LogP contribution < -0.4 is 5.32 Å². The standard InChI is InChI=1S/C17H27N3O4/c1-12(2)10-18-16(21)6-7-20(11-14-5-4-8-23-14)17(22)15-9-13(3)24-19-15/h9,12,14H,4-8,10-11H2,1-3H3,(H,18,21). The van der Waals surface area contributed by atoms with Crippen LogP contribution in [0.5, 0.6) is 0 Å². The first kappa shape index (κ1) is 18.4. The molecule has 1 atom stereocenters. The zero-order valence-electron chi connectivity index (χ0n) is 14.7. The molecule has 0 aromatic carbocycles. The van der Waals surface area contributed by atoms with Crippen molar-refractivity contribution < 1.29 is 18.8 Å². The third-order valence-electron chi connectivity index (χ3n) is 3.90. The van der Waals surface area contributed by atoms with Gasteiger partial charge in [-0.3, -0.25) is 9.59 Å². The maximum Gasteiger partial charge on any atom is 0.276 e. The maximum absolute atomic E-state index is 12.6. The average Bonchev–Trinajstić information content (AvgIpc) is 3.20. The normalized spacial score (nSPS) is 17.2. The van der Waals surface area contributed by atoms with Crippen LogP contribution in [-0.4, -0.2) is 54.2 Å². The average molecular weight is 337 g/mol. The van der Waals surface area contributed by atoms with E-state index in [0.717, 1.165) is 19.4 Å². The molecule has 0 bridgehead atoms. The van der Waals surface area contributed by atoms with Crippen LogP contribution in [0, 0.1) is 12.8 Å². The largest absolute Gasteiger partial charge is 0.376 e. The van der Waals surface area contributed by atoms with Crippen LogP contribution in [0.15, 0.2) is 10.6 Å². The minimum Gasteiger partial charge on any atom is -0.376 e. The molecule has 0 saturated carbocycles. The molecule has 7 nitrogen and oxygen atoms in total. The number of rotatable bonds is 8. The predicted molar refractivity (Wildman–Crippen MR) is 88.6 cm³/mol. The maximum atomic E-state index is 12.6. The molecule has 2 rings (SSSR count). The molecular weight excluding hydrogens is 310 g/mol. The third kappa shape index (κ3) is 5.63. The molecule has 1 saturated heterocycles. The fourth-order valence-corrected chi connectivity index (χ4v) is 2.58. The van der Waals surface area contributed by atoms with Crippen LogP contribution in [0.3, 0.4) is 0 Å². The predicted octanol–water partition coefficient (Wildman–Crippen LogP) is 1.77. The molecule has 0 spiro atoms. The van der Waals surface area contributed by atoms with E-state index in [9.17, 15) is 9.59 Å². The van der Waals surface area contributed by atoms with E-state index in [1.807, 2.05) is 13.8 Å². The molecule has 1 aromatic heterocycles. The number of amides is 2. The Morgan fingerprint density at radius 1 is 1.46 bits per heavy atom. The minimum absolute atomic E-state index is 0.0284. The van der Waals surface area contributed by atoms with Gasteiger partial charge >= 0.3 is 0 Å². The molecule has 1 fully saturated rings. The first-order valence-electron chi connectivity index (χ1n) is 8.56. The molecule has 7 heteroatoms. The molecule has 0 aliphatic carbocycles. The zero-order valence-corrected chi connectivity index (χ0v) is 14.7. The number of carbonyl (C=O) groups is 2. The van der Waals surface area contributed by atoms with Crippen molar-refractivity contribution in [2.45, 2.75) is 46.1 Å². The van der Waals surface area contributed by atoms with E-state index in [1.165, 1.54) is 0 Å². The van der Waals surface area contributed by atoms with Gasteiger partial charge in [-0.15, -0.1) is 0 Å². The Bertz CT molecular complexity index is 550. The molecule has 2 amide bonds. The van der Waals surface area contributed by atoms with Crippen molar-refractivity contribution in [3.63, 3.8) is 0 Å². The first-order valence-corrected chi connectivity index (χ1v) is 8.56. The molecule has 2 heterocycles. The Hall–Kier alpha value is -1.89. The SMILES string of the molecule is Cc1cc(C(=O)N(CCC(=O)NCC(C)C)CC2CCCO2)no1. The van der Waals surface area contributed by atoms with Crippen LogP contribution in [0.1, 0.15) is 49.4 Å². The summed E-state index contributed by atoms with van der Waals surface area (Å²) in [5.74, 6) is 0.714. The van der Waals surface area contributed by atoms with Gasteiger partial charge in [-0.1, -0.05) is 19.0 Å². The van der Waals surface area contributed by atoms with Crippen LogP contribution in [0.4, 0.5) is 0 Å². The van der Waals surface area contributed by atoms with E-state index in [1.54, 1.807) is 17.9 Å². The van der Waals surface area contributed by atoms with Crippen molar-refractivity contribution in [1.29, 1.82) is 0 Å². The van der Waals surface area contributed by atoms with E-state index >= 15 is 0 Å². The van der Waals surface area contributed by atoms with Gasteiger partial charge in [0, 0.05) is 38.7 Å². The number of nitrogens with one attached hydrogen (secondary N) is 1. The Balaban J connectivity index is 1.94. The number of aryl methyl sites for hydroxylation is 1. The summed E-state index contributed by atoms with van der Waals surface area (Å²) in [5, 5.41) is 6.66. The van der Waals surface area contributed by atoms with Gasteiger partial charge in [0.05, 0.1) is 6.10 Å². The van der Waals surface area contributed by atoms with Crippen LogP contribution in [0.2, 0.25) is 0 Å². The van der Waals surface area contributed by atoms with Gasteiger partial charge in [0.15, 0.2) is 5.69 Å². The second kappa shape index (κ2) is 8.82. The van der Waals surface area contributed by atoms with Crippen molar-refractivity contribution in [3.05, 3.63) is 17.5 Å². The van der Waals surface area contributed by atoms with E-state index in [-0.39, 0.29) is 30.0 Å². The number of aromatic nitrogens is 1. The number of hydrogen-bond donors (Lipinski definition) is 1. The number of carbonyl (C=O) groups excluding carboxylic acids is 2. The Morgan fingerprint density at radius 2 is 2.25 bits per heavy atom. The smallest absolute Gasteiger partial charge is 0.276 e. The highest BCUT2D eigenvalue weighted by Gasteiger charge is 2.25. The van der Waals surface area contributed by atoms with E-state index < -0.39 is 0 Å². The van der Waals surface area contributed by atoms with Crippen molar-refractivity contribution in [2.75, 3.05) is 26.2 Å². The first-order chi connectivity index (χ1) is 11.5. The van der Waals surface area contributed by atoms with Gasteiger partial charge in [0.1, 0.15) is 5.76 Å². The zero-order chi connectivity index (χ0) is 17.5. The van der Waals surface area contributed by atoms with E-state index in [0.29, 0.717) is 31.3 Å². The molecule has 1 aliphatic rings. The number of nitrogens with zero attached hydrogens (tertiary/aromatic N) is 2. The quantitative estimate of drug-likeness (QED) is 0.781. The van der Waals surface area contributed by atoms with Crippen LogP contribution in [-0.2, 0) is 9.53 Å². The van der Waals surface area contributed by atoms with Crippen molar-refractivity contribution >= 4 is 11.8 Å². The summed E-state index contributed by atoms with van der Waals surface area (Å²) in [6, 6.07) is 1.61. The Morgan fingerprint density at radius 3 is 2.83 bits per heavy atom. The van der Waals surface area contributed by atoms with Crippen LogP contribution >= 0.6 is 0 Å². The van der Waals surface area contributed by atoms with Gasteiger partial charge in [0.2, 0.25) is 5.91 Å². The molecule has 1 aromatic rings. The highest BCUT2D eigenvalue weighted by molar-refractivity contribution is 5.92. The summed E-state index contributed by atoms with van der Waals surface area (Å²) in [7, 11) is 0. The fourth-order valence-electron chi connectivity index (χ4n) is 2.58. The highest BCUT2D eigenvalue weighted by Crippen LogP contribution is 2.15. The molecule has 1 N–H and O–H groups in total. The van der Waals surface area contributed by atoms with Crippen molar-refractivity contribution in [2.24, 2.45) is 5.92 Å². The van der Waals surface area contributed by atoms with E-state index in [2.05, 4.69) is 10.5 Å². The lowest BCUT2D eigenvalue weighted by atomic mass is 10.2. The fraction of sp³-hybridized carbons (Fsp3) is 0.706. The highest BCUT2D eigenvalue weighted by atomic mass is 16.5. The lowest BCUT2D eigenvalue weighted by Gasteiger charge is -2.24. The van der Waals surface area contributed by atoms with Crippen molar-refractivity contribution in [1.82, 2.24) is 15.4 Å². The summed E-state index contributed by atoms with van der Waals surface area (Å²) in [6.45, 7) is 8.01. The Labute approximate surface area is 142 Å². The molecule has 0 radical (unpaired) electrons. The third-order valence-corrected chi connectivity index (χ3v) is 3.90. The number of ether oxygens (including phenoxy) is 1. The topological polar surface area (TPSA) is 84.7 Å². The molecular formula is C17H27N3O4. The summed E-state index contributed by atoms with van der Waals surface area (Å²) in [5.41, 5.74) is 0.271. The lowest BCUT2D eigenvalue weighted by Crippen LogP contribution is -2.40. The minimum atomic E-state index is -0.223. The van der Waals surface area contributed by atoms with Crippen LogP contribution in [0.25, 0.3) is 0 Å². The summed E-state index contributed by atoms with van der Waals surface area (Å²) >= 11 is 0. The second-order valence-electron chi connectivity index (χ2n) is 6.66. The molecule has 134 valence electrons. The van der Waals surface area contributed by atoms with Gasteiger partial charge in [0.25, 0.3) is 5.91 Å². The summed E-state index contributed by atoms with van der Waals surface area (Å²) < 4.78 is 10.6. The molecule has 1 aliphatic heterocycles. The molecule has 1 unspecified atom stereocenters. The van der Waals surface area contributed by atoms with Crippen molar-refractivity contribution in [3.8, 4) is 0 Å². The lowest BCUT2D eigenvalue weighted by molar-refractivity contribution is -0.121. The number of hydrogen-bond acceptors (Lipinski definition) is 5. The van der Waals surface area contributed by atoms with Gasteiger partial charge in [-0.2, -0.15) is 0 Å². The summed E-state index contributed by atoms with van der Waals surface area (Å²) in [4.78, 5) is 26.2. The van der Waals surface area contributed by atoms with Gasteiger partial charge in [-0.05, 0) is 25.7 Å². The molecule has 24 heavy (non-hydrogen) atoms. The monoisotopic (exact) mass is 337 g/mol.